The number of nitrogens with one attached hydrogen (secondary N) is 1. The molecule has 6 nitrogen and oxygen atoms in total. The second kappa shape index (κ2) is 7.65. The Morgan fingerprint density at radius 2 is 1.85 bits per heavy atom. The molecule has 1 N–H and O–H groups in total. The van der Waals surface area contributed by atoms with Crippen LogP contribution < -0.4 is 4.72 Å². The van der Waals surface area contributed by atoms with Crippen molar-refractivity contribution in [3.63, 3.8) is 0 Å². The fraction of sp³-hybridized carbons (Fsp3) is 0.500. The summed E-state index contributed by atoms with van der Waals surface area (Å²) in [5.74, 6) is 0. The van der Waals surface area contributed by atoms with E-state index in [1.54, 1.807) is 0 Å². The van der Waals surface area contributed by atoms with Crippen molar-refractivity contribution in [2.24, 2.45) is 0 Å². The van der Waals surface area contributed by atoms with Gasteiger partial charge in [0.05, 0.1) is 11.9 Å². The van der Waals surface area contributed by atoms with Crippen molar-refractivity contribution in [2.75, 3.05) is 19.8 Å². The van der Waals surface area contributed by atoms with Crippen molar-refractivity contribution in [3.05, 3.63) is 47.3 Å². The second-order valence-electron chi connectivity index (χ2n) is 6.92. The maximum absolute atomic E-state index is 12.8. The van der Waals surface area contributed by atoms with Crippen molar-refractivity contribution in [1.29, 1.82) is 0 Å². The Hall–Kier alpha value is -1.84. The molecule has 1 fully saturated rings. The Morgan fingerprint density at radius 1 is 1.22 bits per heavy atom. The predicted octanol–water partition coefficient (Wildman–Crippen LogP) is 2.92. The number of halogens is 2. The molecule has 2 heterocycles. The Bertz CT molecular complexity index is 889. The van der Waals surface area contributed by atoms with Crippen LogP contribution >= 0.6 is 0 Å². The summed E-state index contributed by atoms with van der Waals surface area (Å²) in [5.41, 5.74) is 1.81. The highest BCUT2D eigenvalue weighted by Gasteiger charge is 2.36. The van der Waals surface area contributed by atoms with Crippen LogP contribution in [0.2, 0.25) is 0 Å². The van der Waals surface area contributed by atoms with Crippen LogP contribution in [0, 0.1) is 13.8 Å². The van der Waals surface area contributed by atoms with Crippen molar-refractivity contribution >= 4 is 10.0 Å². The molecule has 1 aliphatic heterocycles. The van der Waals surface area contributed by atoms with Gasteiger partial charge >= 0.3 is 6.55 Å². The third-order valence-electron chi connectivity index (χ3n) is 5.08. The molecular formula is C18H23F2N3O3S. The number of aryl methyl sites for hydroxylation is 2. The van der Waals surface area contributed by atoms with Gasteiger partial charge in [-0.05, 0) is 32.3 Å². The predicted molar refractivity (Wildman–Crippen MR) is 96.3 cm³/mol. The Morgan fingerprint density at radius 3 is 2.41 bits per heavy atom. The first-order valence-corrected chi connectivity index (χ1v) is 10.2. The first-order chi connectivity index (χ1) is 12.7. The molecule has 27 heavy (non-hydrogen) atoms. The van der Waals surface area contributed by atoms with Gasteiger partial charge in [-0.15, -0.1) is 0 Å². The van der Waals surface area contributed by atoms with E-state index in [4.69, 9.17) is 4.74 Å². The number of rotatable bonds is 6. The number of hydrogen-bond donors (Lipinski definition) is 1. The molecule has 9 heteroatoms. The van der Waals surface area contributed by atoms with Gasteiger partial charge in [-0.3, -0.25) is 0 Å². The molecule has 0 saturated carbocycles. The van der Waals surface area contributed by atoms with Gasteiger partial charge < -0.3 is 4.74 Å². The van der Waals surface area contributed by atoms with E-state index in [9.17, 15) is 17.2 Å². The van der Waals surface area contributed by atoms with Crippen LogP contribution in [0.15, 0.2) is 35.4 Å². The highest BCUT2D eigenvalue weighted by Crippen LogP contribution is 2.35. The summed E-state index contributed by atoms with van der Waals surface area (Å²) in [4.78, 5) is -0.228. The smallest absolute Gasteiger partial charge is 0.333 e. The minimum absolute atomic E-state index is 0.0409. The van der Waals surface area contributed by atoms with E-state index in [1.165, 1.54) is 6.92 Å². The van der Waals surface area contributed by atoms with Gasteiger partial charge in [0.25, 0.3) is 0 Å². The van der Waals surface area contributed by atoms with E-state index >= 15 is 0 Å². The third-order valence-corrected chi connectivity index (χ3v) is 6.58. The molecule has 0 unspecified atom stereocenters. The second-order valence-corrected chi connectivity index (χ2v) is 8.66. The number of aromatic nitrogens is 2. The van der Waals surface area contributed by atoms with Crippen LogP contribution in [0.1, 0.15) is 36.2 Å². The summed E-state index contributed by atoms with van der Waals surface area (Å²) < 4.78 is 59.5. The van der Waals surface area contributed by atoms with E-state index in [-0.39, 0.29) is 17.1 Å². The molecule has 148 valence electrons. The van der Waals surface area contributed by atoms with Gasteiger partial charge in [0.15, 0.2) is 0 Å². The molecule has 1 saturated heterocycles. The van der Waals surface area contributed by atoms with Crippen molar-refractivity contribution in [1.82, 2.24) is 14.5 Å². The fourth-order valence-electron chi connectivity index (χ4n) is 3.38. The Kier molecular flexibility index (Phi) is 5.64. The first kappa shape index (κ1) is 19.9. The summed E-state index contributed by atoms with van der Waals surface area (Å²) in [5, 5.41) is 3.58. The molecular weight excluding hydrogens is 376 g/mol. The lowest BCUT2D eigenvalue weighted by molar-refractivity contribution is 0.0516. The summed E-state index contributed by atoms with van der Waals surface area (Å²) in [7, 11) is -3.96. The minimum atomic E-state index is -3.96. The monoisotopic (exact) mass is 399 g/mol. The average molecular weight is 399 g/mol. The molecule has 0 atom stereocenters. The summed E-state index contributed by atoms with van der Waals surface area (Å²) >= 11 is 0. The standard InChI is InChI=1S/C18H23F2N3O3S/c1-13-3-5-15(6-4-13)18(7-9-26-10-8-18)12-21-27(24,25)16-11-23(17(19)20)22-14(16)2/h3-6,11,17,21H,7-10,12H2,1-2H3. The molecule has 0 amide bonds. The van der Waals surface area contributed by atoms with Gasteiger partial charge in [-0.2, -0.15) is 13.9 Å². The van der Waals surface area contributed by atoms with E-state index in [0.29, 0.717) is 30.7 Å². The fourth-order valence-corrected chi connectivity index (χ4v) is 4.67. The van der Waals surface area contributed by atoms with Gasteiger partial charge in [-0.1, -0.05) is 29.8 Å². The van der Waals surface area contributed by atoms with Gasteiger partial charge in [-0.25, -0.2) is 17.8 Å². The van der Waals surface area contributed by atoms with Crippen LogP contribution in [-0.4, -0.2) is 38.0 Å². The van der Waals surface area contributed by atoms with Crippen molar-refractivity contribution in [2.45, 2.75) is 43.5 Å². The molecule has 0 spiro atoms. The zero-order valence-corrected chi connectivity index (χ0v) is 16.1. The summed E-state index contributed by atoms with van der Waals surface area (Å²) in [6.45, 7) is 1.75. The first-order valence-electron chi connectivity index (χ1n) is 8.72. The number of nitrogens with zero attached hydrogens (tertiary/aromatic N) is 2. The van der Waals surface area contributed by atoms with E-state index in [1.807, 2.05) is 31.2 Å². The van der Waals surface area contributed by atoms with Crippen LogP contribution in [0.4, 0.5) is 8.78 Å². The zero-order valence-electron chi connectivity index (χ0n) is 15.3. The summed E-state index contributed by atoms with van der Waals surface area (Å²) in [6, 6.07) is 8.01. The number of benzene rings is 1. The normalized spacial score (nSPS) is 17.4. The van der Waals surface area contributed by atoms with E-state index in [0.717, 1.165) is 17.3 Å². The molecule has 0 bridgehead atoms. The largest absolute Gasteiger partial charge is 0.381 e. The number of sulfonamides is 1. The van der Waals surface area contributed by atoms with Crippen LogP contribution in [0.25, 0.3) is 0 Å². The molecule has 0 aliphatic carbocycles. The molecule has 1 aliphatic rings. The Labute approximate surface area is 157 Å². The molecule has 2 aromatic rings. The highest BCUT2D eigenvalue weighted by atomic mass is 32.2. The quantitative estimate of drug-likeness (QED) is 0.811. The lowest BCUT2D eigenvalue weighted by Crippen LogP contribution is -2.44. The summed E-state index contributed by atoms with van der Waals surface area (Å²) in [6.07, 6.45) is 2.21. The molecule has 1 aromatic carbocycles. The topological polar surface area (TPSA) is 73.2 Å². The lowest BCUT2D eigenvalue weighted by atomic mass is 9.74. The number of alkyl halides is 2. The maximum atomic E-state index is 12.8. The highest BCUT2D eigenvalue weighted by molar-refractivity contribution is 7.89. The van der Waals surface area contributed by atoms with Crippen molar-refractivity contribution < 1.29 is 21.9 Å². The number of hydrogen-bond acceptors (Lipinski definition) is 4. The van der Waals surface area contributed by atoms with Crippen LogP contribution in [-0.2, 0) is 20.2 Å². The average Bonchev–Trinajstić information content (AvgIpc) is 3.05. The van der Waals surface area contributed by atoms with Crippen LogP contribution in [0.3, 0.4) is 0 Å². The van der Waals surface area contributed by atoms with E-state index < -0.39 is 22.0 Å². The SMILES string of the molecule is Cc1ccc(C2(CNS(=O)(=O)c3cn(C(F)F)nc3C)CCOCC2)cc1. The van der Waals surface area contributed by atoms with Gasteiger partial charge in [0.1, 0.15) is 4.90 Å². The molecule has 1 aromatic heterocycles. The Balaban J connectivity index is 1.86. The number of ether oxygens (including phenoxy) is 1. The lowest BCUT2D eigenvalue weighted by Gasteiger charge is -2.38. The zero-order chi connectivity index (χ0) is 19.7. The van der Waals surface area contributed by atoms with Gasteiger partial charge in [0.2, 0.25) is 10.0 Å². The van der Waals surface area contributed by atoms with Gasteiger partial charge in [0, 0.05) is 25.2 Å². The van der Waals surface area contributed by atoms with Crippen LogP contribution in [0.5, 0.6) is 0 Å². The van der Waals surface area contributed by atoms with E-state index in [2.05, 4.69) is 9.82 Å². The molecule has 3 rings (SSSR count). The minimum Gasteiger partial charge on any atom is -0.381 e. The third kappa shape index (κ3) is 4.20. The maximum Gasteiger partial charge on any atom is 0.333 e. The van der Waals surface area contributed by atoms with Crippen molar-refractivity contribution in [3.8, 4) is 0 Å². The molecule has 0 radical (unpaired) electrons.